The van der Waals surface area contributed by atoms with E-state index in [0.717, 1.165) is 0 Å². The number of carbonyl (C=O) groups is 1. The summed E-state index contributed by atoms with van der Waals surface area (Å²) in [7, 11) is 2.79. The van der Waals surface area contributed by atoms with Crippen molar-refractivity contribution in [3.05, 3.63) is 59.1 Å². The fourth-order valence-corrected chi connectivity index (χ4v) is 2.74. The molecule has 25 heavy (non-hydrogen) atoms. The molecule has 0 aromatic heterocycles. The minimum Gasteiger partial charge on any atom is -0.504 e. The second kappa shape index (κ2) is 6.91. The summed E-state index contributed by atoms with van der Waals surface area (Å²) in [6.07, 6.45) is 0. The largest absolute Gasteiger partial charge is 0.504 e. The van der Waals surface area contributed by atoms with Gasteiger partial charge >= 0.3 is 5.97 Å². The van der Waals surface area contributed by atoms with Crippen LogP contribution in [0.3, 0.4) is 0 Å². The van der Waals surface area contributed by atoms with Crippen LogP contribution in [0.15, 0.2) is 48.5 Å². The lowest BCUT2D eigenvalue weighted by atomic mass is 10.1. The average Bonchev–Trinajstić information content (AvgIpc) is 2.64. The summed E-state index contributed by atoms with van der Waals surface area (Å²) in [5.74, 6) is -0.366. The molecular weight excluding hydrogens is 344 g/mol. The Morgan fingerprint density at radius 3 is 2.24 bits per heavy atom. The first kappa shape index (κ1) is 16.9. The highest BCUT2D eigenvalue weighted by Gasteiger charge is 2.24. The van der Waals surface area contributed by atoms with Gasteiger partial charge in [-0.1, -0.05) is 29.8 Å². The van der Waals surface area contributed by atoms with Gasteiger partial charge in [-0.2, -0.15) is 0 Å². The summed E-state index contributed by atoms with van der Waals surface area (Å²) in [6, 6.07) is 13.4. The number of ether oxygens (including phenoxy) is 3. The van der Waals surface area contributed by atoms with E-state index in [2.05, 4.69) is 0 Å². The van der Waals surface area contributed by atoms with E-state index >= 15 is 0 Å². The monoisotopic (exact) mass is 358 g/mol. The Morgan fingerprint density at radius 2 is 1.60 bits per heavy atom. The number of methoxy groups -OCH3 is 2. The Kier molecular flexibility index (Phi) is 4.67. The Morgan fingerprint density at radius 1 is 0.920 bits per heavy atom. The number of rotatable bonds is 4. The van der Waals surface area contributed by atoms with Crippen LogP contribution in [0, 0.1) is 0 Å². The molecule has 3 aromatic carbocycles. The van der Waals surface area contributed by atoms with Gasteiger partial charge < -0.3 is 19.3 Å². The quantitative estimate of drug-likeness (QED) is 0.552. The van der Waals surface area contributed by atoms with Gasteiger partial charge in [0.15, 0.2) is 11.5 Å². The number of halogens is 1. The minimum absolute atomic E-state index is 0.0770. The van der Waals surface area contributed by atoms with E-state index in [-0.39, 0.29) is 23.0 Å². The van der Waals surface area contributed by atoms with Gasteiger partial charge in [0.05, 0.1) is 19.8 Å². The molecule has 128 valence electrons. The highest BCUT2D eigenvalue weighted by Crippen LogP contribution is 2.51. The van der Waals surface area contributed by atoms with E-state index in [1.54, 1.807) is 48.5 Å². The van der Waals surface area contributed by atoms with Crippen molar-refractivity contribution >= 4 is 28.3 Å². The molecule has 3 rings (SSSR count). The smallest absolute Gasteiger partial charge is 0.343 e. The van der Waals surface area contributed by atoms with Crippen LogP contribution in [-0.4, -0.2) is 25.3 Å². The normalized spacial score (nSPS) is 10.5. The maximum absolute atomic E-state index is 12.5. The van der Waals surface area contributed by atoms with Crippen LogP contribution in [0.25, 0.3) is 10.8 Å². The molecule has 0 amide bonds. The molecule has 1 N–H and O–H groups in total. The summed E-state index contributed by atoms with van der Waals surface area (Å²) in [5, 5.41) is 11.7. The Balaban J connectivity index is 2.23. The molecule has 0 saturated heterocycles. The zero-order chi connectivity index (χ0) is 18.0. The number of carbonyl (C=O) groups excluding carboxylic acids is 1. The van der Waals surface area contributed by atoms with Crippen LogP contribution < -0.4 is 14.2 Å². The molecule has 0 saturated carbocycles. The van der Waals surface area contributed by atoms with E-state index < -0.39 is 5.97 Å². The molecule has 0 radical (unpaired) electrons. The number of benzene rings is 3. The first-order valence-corrected chi connectivity index (χ1v) is 7.78. The molecule has 0 unspecified atom stereocenters. The van der Waals surface area contributed by atoms with Crippen molar-refractivity contribution in [2.45, 2.75) is 0 Å². The number of phenolic OH excluding ortho intramolecular Hbond substituents is 1. The summed E-state index contributed by atoms with van der Waals surface area (Å²) < 4.78 is 16.1. The number of fused-ring (bicyclic) bond motifs is 1. The molecule has 0 aliphatic carbocycles. The number of esters is 1. The third kappa shape index (κ3) is 3.06. The van der Waals surface area contributed by atoms with Gasteiger partial charge in [0.2, 0.25) is 11.5 Å². The van der Waals surface area contributed by atoms with E-state index in [1.807, 2.05) is 0 Å². The van der Waals surface area contributed by atoms with Crippen LogP contribution in [-0.2, 0) is 0 Å². The van der Waals surface area contributed by atoms with Gasteiger partial charge in [-0.05, 0) is 30.3 Å². The van der Waals surface area contributed by atoms with Crippen molar-refractivity contribution in [2.75, 3.05) is 14.2 Å². The fourth-order valence-electron chi connectivity index (χ4n) is 2.57. The van der Waals surface area contributed by atoms with Gasteiger partial charge in [-0.3, -0.25) is 0 Å². The van der Waals surface area contributed by atoms with Gasteiger partial charge in [0.25, 0.3) is 0 Å². The third-order valence-electron chi connectivity index (χ3n) is 3.72. The predicted molar refractivity (Wildman–Crippen MR) is 95.1 cm³/mol. The predicted octanol–water partition coefficient (Wildman–Crippen LogP) is 4.44. The van der Waals surface area contributed by atoms with Gasteiger partial charge in [-0.25, -0.2) is 4.79 Å². The lowest BCUT2D eigenvalue weighted by Crippen LogP contribution is -2.10. The molecule has 0 heterocycles. The Labute approximate surface area is 149 Å². The van der Waals surface area contributed by atoms with E-state index in [1.165, 1.54) is 14.2 Å². The molecule has 0 aliphatic rings. The molecule has 0 atom stereocenters. The van der Waals surface area contributed by atoms with Crippen LogP contribution in [0.5, 0.6) is 23.0 Å². The highest BCUT2D eigenvalue weighted by molar-refractivity contribution is 6.31. The number of hydrogen-bond donors (Lipinski definition) is 1. The van der Waals surface area contributed by atoms with Crippen LogP contribution >= 0.6 is 11.6 Å². The van der Waals surface area contributed by atoms with E-state index in [4.69, 9.17) is 25.8 Å². The highest BCUT2D eigenvalue weighted by atomic mass is 35.5. The third-order valence-corrected chi connectivity index (χ3v) is 3.96. The number of phenols is 1. The summed E-state index contributed by atoms with van der Waals surface area (Å²) in [4.78, 5) is 12.5. The van der Waals surface area contributed by atoms with Gasteiger partial charge in [0.1, 0.15) is 0 Å². The maximum atomic E-state index is 12.5. The van der Waals surface area contributed by atoms with Crippen molar-refractivity contribution in [2.24, 2.45) is 0 Å². The molecule has 0 bridgehead atoms. The number of aromatic hydroxyl groups is 1. The SMILES string of the molecule is COc1c(OC)c(OC(=O)c2ccccc2)c2cc(Cl)ccc2c1O. The molecule has 0 spiro atoms. The number of hydrogen-bond acceptors (Lipinski definition) is 5. The zero-order valence-corrected chi connectivity index (χ0v) is 14.3. The topological polar surface area (TPSA) is 65.0 Å². The van der Waals surface area contributed by atoms with Crippen LogP contribution in [0.1, 0.15) is 10.4 Å². The second-order valence-corrected chi connectivity index (χ2v) is 5.63. The molecule has 3 aromatic rings. The van der Waals surface area contributed by atoms with Crippen molar-refractivity contribution < 1.29 is 24.1 Å². The maximum Gasteiger partial charge on any atom is 0.343 e. The molecule has 5 nitrogen and oxygen atoms in total. The van der Waals surface area contributed by atoms with Crippen LogP contribution in [0.2, 0.25) is 5.02 Å². The minimum atomic E-state index is -0.562. The van der Waals surface area contributed by atoms with E-state index in [0.29, 0.717) is 21.4 Å². The van der Waals surface area contributed by atoms with Crippen LogP contribution in [0.4, 0.5) is 0 Å². The second-order valence-electron chi connectivity index (χ2n) is 5.19. The first-order chi connectivity index (χ1) is 12.1. The summed E-state index contributed by atoms with van der Waals surface area (Å²) in [6.45, 7) is 0. The summed E-state index contributed by atoms with van der Waals surface area (Å²) in [5.41, 5.74) is 0.381. The molecule has 6 heteroatoms. The lowest BCUT2D eigenvalue weighted by Gasteiger charge is -2.17. The molecular formula is C19H15ClO5. The Bertz CT molecular complexity index is 938. The first-order valence-electron chi connectivity index (χ1n) is 7.40. The van der Waals surface area contributed by atoms with Gasteiger partial charge in [0, 0.05) is 15.8 Å². The van der Waals surface area contributed by atoms with Crippen molar-refractivity contribution in [3.63, 3.8) is 0 Å². The van der Waals surface area contributed by atoms with Crippen molar-refractivity contribution in [1.29, 1.82) is 0 Å². The summed E-state index contributed by atoms with van der Waals surface area (Å²) >= 11 is 6.07. The lowest BCUT2D eigenvalue weighted by molar-refractivity contribution is 0.0731. The molecule has 0 fully saturated rings. The Hall–Kier alpha value is -2.92. The molecule has 0 aliphatic heterocycles. The van der Waals surface area contributed by atoms with Gasteiger partial charge in [-0.15, -0.1) is 0 Å². The average molecular weight is 359 g/mol. The van der Waals surface area contributed by atoms with E-state index in [9.17, 15) is 9.90 Å². The van der Waals surface area contributed by atoms with Crippen molar-refractivity contribution in [1.82, 2.24) is 0 Å². The zero-order valence-electron chi connectivity index (χ0n) is 13.6. The van der Waals surface area contributed by atoms with Crippen molar-refractivity contribution in [3.8, 4) is 23.0 Å². The standard InChI is InChI=1S/C19H15ClO5/c1-23-17-15(21)13-9-8-12(20)10-14(13)16(18(17)24-2)25-19(22)11-6-4-3-5-7-11/h3-10,21H,1-2H3. The fraction of sp³-hybridized carbons (Fsp3) is 0.105.